The summed E-state index contributed by atoms with van der Waals surface area (Å²) in [6.07, 6.45) is 6.28. The van der Waals surface area contributed by atoms with Gasteiger partial charge in [0, 0.05) is 6.42 Å². The van der Waals surface area contributed by atoms with Gasteiger partial charge in [0.05, 0.1) is 0 Å². The van der Waals surface area contributed by atoms with Gasteiger partial charge in [-0.1, -0.05) is 72.8 Å². The maximum absolute atomic E-state index is 2.10. The zero-order chi connectivity index (χ0) is 10.3. The van der Waals surface area contributed by atoms with Crippen molar-refractivity contribution in [2.45, 2.75) is 0 Å². The fraction of sp³-hybridized carbons (Fsp3) is 0. The van der Waals surface area contributed by atoms with E-state index >= 15 is 0 Å². The zero-order valence-electron chi connectivity index (χ0n) is 8.51. The normalized spacial score (nSPS) is 10.7. The van der Waals surface area contributed by atoms with Gasteiger partial charge in [-0.3, -0.25) is 0 Å². The molecule has 0 saturated heterocycles. The van der Waals surface area contributed by atoms with Crippen molar-refractivity contribution in [3.63, 3.8) is 0 Å². The molecule has 0 nitrogen and oxygen atoms in total. The molecule has 0 unspecified atom stereocenters. The van der Waals surface area contributed by atoms with Gasteiger partial charge >= 0.3 is 0 Å². The topological polar surface area (TPSA) is 0 Å². The molecule has 0 aliphatic rings. The Labute approximate surface area is 90.9 Å². The smallest absolute Gasteiger partial charge is 0.0125 e. The van der Waals surface area contributed by atoms with Gasteiger partial charge in [0.2, 0.25) is 0 Å². The average Bonchev–Trinajstić information content (AvgIpc) is 2.32. The highest BCUT2D eigenvalue weighted by Gasteiger charge is 1.87. The van der Waals surface area contributed by atoms with Gasteiger partial charge in [-0.15, -0.1) is 0 Å². The summed E-state index contributed by atoms with van der Waals surface area (Å²) in [6.45, 7) is 0. The molecule has 0 spiro atoms. The largest absolute Gasteiger partial charge is 0.0755 e. The molecule has 0 saturated carbocycles. The van der Waals surface area contributed by atoms with E-state index in [1.807, 2.05) is 36.4 Å². The third-order valence-corrected chi connectivity index (χ3v) is 2.18. The van der Waals surface area contributed by atoms with Crippen LogP contribution in [0, 0.1) is 6.42 Å². The predicted octanol–water partition coefficient (Wildman–Crippen LogP) is 3.95. The van der Waals surface area contributed by atoms with Crippen LogP contribution in [0.1, 0.15) is 11.1 Å². The molecular weight excluding hydrogens is 180 g/mol. The summed E-state index contributed by atoms with van der Waals surface area (Å²) in [4.78, 5) is 0. The predicted molar refractivity (Wildman–Crippen MR) is 65.3 cm³/mol. The highest BCUT2D eigenvalue weighted by atomic mass is 13.9. The van der Waals surface area contributed by atoms with E-state index in [1.165, 1.54) is 11.1 Å². The number of benzene rings is 2. The van der Waals surface area contributed by atoms with Crippen molar-refractivity contribution in [2.24, 2.45) is 0 Å². The van der Waals surface area contributed by atoms with Crippen LogP contribution < -0.4 is 0 Å². The molecule has 0 heteroatoms. The van der Waals surface area contributed by atoms with E-state index in [0.29, 0.717) is 0 Å². The Balaban J connectivity index is 1.97. The third kappa shape index (κ3) is 3.10. The standard InChI is InChI=1S/C15H13/c1-3-8-14(9-4-1)12-7-13-15-10-5-2-6-11-15/h1-13H. The van der Waals surface area contributed by atoms with E-state index in [2.05, 4.69) is 42.8 Å². The Morgan fingerprint density at radius 2 is 1.13 bits per heavy atom. The number of hydrogen-bond donors (Lipinski definition) is 0. The molecule has 2 aromatic carbocycles. The van der Waals surface area contributed by atoms with Crippen LogP contribution >= 0.6 is 0 Å². The summed E-state index contributed by atoms with van der Waals surface area (Å²) in [5, 5.41) is 0. The van der Waals surface area contributed by atoms with Crippen molar-refractivity contribution in [2.75, 3.05) is 0 Å². The Bertz CT molecular complexity index is 412. The maximum Gasteiger partial charge on any atom is 0.0125 e. The van der Waals surface area contributed by atoms with E-state index < -0.39 is 0 Å². The Hall–Kier alpha value is -1.82. The Kier molecular flexibility index (Phi) is 3.34. The van der Waals surface area contributed by atoms with Gasteiger partial charge in [0.1, 0.15) is 0 Å². The summed E-state index contributed by atoms with van der Waals surface area (Å²) in [6, 6.07) is 20.6. The molecule has 1 radical (unpaired) electrons. The molecule has 0 N–H and O–H groups in total. The fourth-order valence-corrected chi connectivity index (χ4v) is 1.40. The van der Waals surface area contributed by atoms with E-state index in [0.717, 1.165) is 0 Å². The lowest BCUT2D eigenvalue weighted by atomic mass is 10.1. The van der Waals surface area contributed by atoms with E-state index in [4.69, 9.17) is 0 Å². The van der Waals surface area contributed by atoms with Crippen LogP contribution in [0.15, 0.2) is 66.7 Å². The van der Waals surface area contributed by atoms with Crippen LogP contribution in [0.5, 0.6) is 0 Å². The maximum atomic E-state index is 2.10. The molecule has 0 heterocycles. The summed E-state index contributed by atoms with van der Waals surface area (Å²) < 4.78 is 0. The number of allylic oxidation sites excluding steroid dienone is 1. The van der Waals surface area contributed by atoms with Gasteiger partial charge in [-0.05, 0) is 11.1 Å². The van der Waals surface area contributed by atoms with Crippen LogP contribution in [0.25, 0.3) is 6.08 Å². The Morgan fingerprint density at radius 3 is 1.73 bits per heavy atom. The lowest BCUT2D eigenvalue weighted by Gasteiger charge is -1.94. The van der Waals surface area contributed by atoms with Crippen LogP contribution in [0.4, 0.5) is 0 Å². The van der Waals surface area contributed by atoms with Crippen molar-refractivity contribution in [1.29, 1.82) is 0 Å². The molecule has 73 valence electrons. The van der Waals surface area contributed by atoms with Crippen molar-refractivity contribution in [3.05, 3.63) is 84.3 Å². The van der Waals surface area contributed by atoms with E-state index in [1.54, 1.807) is 0 Å². The molecule has 0 fully saturated rings. The van der Waals surface area contributed by atoms with Crippen molar-refractivity contribution < 1.29 is 0 Å². The average molecular weight is 193 g/mol. The molecule has 0 bridgehead atoms. The molecule has 15 heavy (non-hydrogen) atoms. The summed E-state index contributed by atoms with van der Waals surface area (Å²) >= 11 is 0. The summed E-state index contributed by atoms with van der Waals surface area (Å²) in [7, 11) is 0. The SMILES string of the molecule is [CH](C=Cc1ccccc1)c1ccccc1. The molecular formula is C15H13. The quantitative estimate of drug-likeness (QED) is 0.692. The van der Waals surface area contributed by atoms with Gasteiger partial charge in [-0.2, -0.15) is 0 Å². The van der Waals surface area contributed by atoms with Crippen LogP contribution in [-0.4, -0.2) is 0 Å². The minimum atomic E-state index is 1.23. The molecule has 0 amide bonds. The van der Waals surface area contributed by atoms with Gasteiger partial charge < -0.3 is 0 Å². The Morgan fingerprint density at radius 1 is 0.600 bits per heavy atom. The van der Waals surface area contributed by atoms with Gasteiger partial charge in [0.25, 0.3) is 0 Å². The molecule has 0 aliphatic carbocycles. The monoisotopic (exact) mass is 193 g/mol. The minimum Gasteiger partial charge on any atom is -0.0755 e. The molecule has 0 aliphatic heterocycles. The summed E-state index contributed by atoms with van der Waals surface area (Å²) in [5.74, 6) is 0. The van der Waals surface area contributed by atoms with Crippen molar-refractivity contribution in [3.8, 4) is 0 Å². The second kappa shape index (κ2) is 5.16. The van der Waals surface area contributed by atoms with Crippen LogP contribution in [0.2, 0.25) is 0 Å². The zero-order valence-corrected chi connectivity index (χ0v) is 8.51. The lowest BCUT2D eigenvalue weighted by Crippen LogP contribution is -1.75. The lowest BCUT2D eigenvalue weighted by molar-refractivity contribution is 1.53. The van der Waals surface area contributed by atoms with Crippen LogP contribution in [-0.2, 0) is 0 Å². The van der Waals surface area contributed by atoms with Gasteiger partial charge in [0.15, 0.2) is 0 Å². The van der Waals surface area contributed by atoms with E-state index in [9.17, 15) is 0 Å². The molecule has 0 aromatic heterocycles. The number of rotatable bonds is 3. The third-order valence-electron chi connectivity index (χ3n) is 2.18. The molecule has 2 aromatic rings. The summed E-state index contributed by atoms with van der Waals surface area (Å²) in [5.41, 5.74) is 2.45. The first-order chi connectivity index (χ1) is 7.45. The number of hydrogen-bond acceptors (Lipinski definition) is 0. The first-order valence-corrected chi connectivity index (χ1v) is 5.07. The highest BCUT2D eigenvalue weighted by molar-refractivity contribution is 5.51. The van der Waals surface area contributed by atoms with Crippen LogP contribution in [0.3, 0.4) is 0 Å². The second-order valence-corrected chi connectivity index (χ2v) is 3.35. The minimum absolute atomic E-state index is 1.23. The second-order valence-electron chi connectivity index (χ2n) is 3.35. The van der Waals surface area contributed by atoms with Crippen molar-refractivity contribution in [1.82, 2.24) is 0 Å². The fourth-order valence-electron chi connectivity index (χ4n) is 1.40. The van der Waals surface area contributed by atoms with Gasteiger partial charge in [-0.25, -0.2) is 0 Å². The highest BCUT2D eigenvalue weighted by Crippen LogP contribution is 2.06. The molecule has 2 rings (SSSR count). The van der Waals surface area contributed by atoms with Crippen molar-refractivity contribution >= 4 is 6.08 Å². The molecule has 0 atom stereocenters. The first kappa shape index (κ1) is 9.72. The first-order valence-electron chi connectivity index (χ1n) is 5.07. The van der Waals surface area contributed by atoms with E-state index in [-0.39, 0.29) is 0 Å².